The standard InChI is InChI=1S/C27H26FN5/c1-4-12-33(13-10-18(2)3)25-8-6-21(15-23(25)28)27-22-14-19(5-7-24(22)31-17-32-27)20-9-11-30-26(29)16-20/h4-11,14-17H,1,12-13H2,2-3H3,(H2,29,30). The Morgan fingerprint density at radius 2 is 1.76 bits per heavy atom. The first-order chi connectivity index (χ1) is 16.0. The molecule has 0 spiro atoms. The molecule has 0 aliphatic heterocycles. The number of allylic oxidation sites excluding steroid dienone is 1. The van der Waals surface area contributed by atoms with Gasteiger partial charge in [-0.3, -0.25) is 0 Å². The van der Waals surface area contributed by atoms with Gasteiger partial charge < -0.3 is 10.6 Å². The fourth-order valence-electron chi connectivity index (χ4n) is 3.72. The predicted molar refractivity (Wildman–Crippen MR) is 134 cm³/mol. The van der Waals surface area contributed by atoms with Crippen LogP contribution in [0.3, 0.4) is 0 Å². The van der Waals surface area contributed by atoms with E-state index in [0.29, 0.717) is 35.9 Å². The van der Waals surface area contributed by atoms with E-state index < -0.39 is 0 Å². The highest BCUT2D eigenvalue weighted by Crippen LogP contribution is 2.32. The molecule has 0 bridgehead atoms. The molecule has 0 amide bonds. The number of anilines is 2. The monoisotopic (exact) mass is 439 g/mol. The van der Waals surface area contributed by atoms with E-state index in [1.807, 2.05) is 55.1 Å². The molecule has 166 valence electrons. The highest BCUT2D eigenvalue weighted by molar-refractivity contribution is 5.95. The van der Waals surface area contributed by atoms with E-state index in [1.165, 1.54) is 18.0 Å². The molecule has 0 saturated heterocycles. The first kappa shape index (κ1) is 22.1. The van der Waals surface area contributed by atoms with Gasteiger partial charge in [-0.1, -0.05) is 29.9 Å². The smallest absolute Gasteiger partial charge is 0.147 e. The van der Waals surface area contributed by atoms with Crippen LogP contribution in [0.4, 0.5) is 15.9 Å². The quantitative estimate of drug-likeness (QED) is 0.356. The lowest BCUT2D eigenvalue weighted by molar-refractivity contribution is 0.623. The minimum absolute atomic E-state index is 0.304. The summed E-state index contributed by atoms with van der Waals surface area (Å²) in [5.74, 6) is 0.147. The second-order valence-electron chi connectivity index (χ2n) is 8.06. The summed E-state index contributed by atoms with van der Waals surface area (Å²) in [4.78, 5) is 14.9. The third kappa shape index (κ3) is 4.90. The Bertz CT molecular complexity index is 1340. The van der Waals surface area contributed by atoms with Gasteiger partial charge in [0.25, 0.3) is 0 Å². The van der Waals surface area contributed by atoms with Crippen LogP contribution in [0.5, 0.6) is 0 Å². The maximum Gasteiger partial charge on any atom is 0.147 e. The van der Waals surface area contributed by atoms with Gasteiger partial charge >= 0.3 is 0 Å². The number of nitrogen functional groups attached to an aromatic ring is 1. The first-order valence-electron chi connectivity index (χ1n) is 10.7. The molecule has 33 heavy (non-hydrogen) atoms. The normalized spacial score (nSPS) is 10.8. The lowest BCUT2D eigenvalue weighted by atomic mass is 10.0. The number of rotatable bonds is 7. The Kier molecular flexibility index (Phi) is 6.45. The SMILES string of the molecule is C=CCN(CC=C(C)C)c1ccc(-c2ncnc3ccc(-c4ccnc(N)c4)cc23)cc1F. The third-order valence-electron chi connectivity index (χ3n) is 5.38. The minimum Gasteiger partial charge on any atom is -0.384 e. The molecule has 0 aliphatic rings. The number of nitrogens with two attached hydrogens (primary N) is 1. The summed E-state index contributed by atoms with van der Waals surface area (Å²) in [6.45, 7) is 9.02. The number of hydrogen-bond acceptors (Lipinski definition) is 5. The van der Waals surface area contributed by atoms with Crippen LogP contribution in [0.15, 0.2) is 85.4 Å². The highest BCUT2D eigenvalue weighted by Gasteiger charge is 2.14. The largest absolute Gasteiger partial charge is 0.384 e. The Hall–Kier alpha value is -4.06. The molecule has 2 aromatic carbocycles. The van der Waals surface area contributed by atoms with Crippen molar-refractivity contribution in [2.45, 2.75) is 13.8 Å². The van der Waals surface area contributed by atoms with Crippen LogP contribution >= 0.6 is 0 Å². The van der Waals surface area contributed by atoms with Crippen molar-refractivity contribution in [2.75, 3.05) is 23.7 Å². The maximum absolute atomic E-state index is 15.3. The van der Waals surface area contributed by atoms with E-state index in [-0.39, 0.29) is 5.82 Å². The molecule has 6 heteroatoms. The van der Waals surface area contributed by atoms with Gasteiger partial charge in [0.1, 0.15) is 18.0 Å². The molecule has 5 nitrogen and oxygen atoms in total. The number of aromatic nitrogens is 3. The van der Waals surface area contributed by atoms with Crippen LogP contribution in [0.2, 0.25) is 0 Å². The van der Waals surface area contributed by atoms with Crippen molar-refractivity contribution in [1.29, 1.82) is 0 Å². The van der Waals surface area contributed by atoms with Crippen molar-refractivity contribution in [3.05, 3.63) is 91.2 Å². The summed E-state index contributed by atoms with van der Waals surface area (Å²) in [7, 11) is 0. The Labute approximate surface area is 193 Å². The molecule has 2 heterocycles. The zero-order chi connectivity index (χ0) is 23.4. The highest BCUT2D eigenvalue weighted by atomic mass is 19.1. The zero-order valence-electron chi connectivity index (χ0n) is 18.8. The molecule has 0 radical (unpaired) electrons. The second-order valence-corrected chi connectivity index (χ2v) is 8.06. The predicted octanol–water partition coefficient (Wildman–Crippen LogP) is 6.04. The number of nitrogens with zero attached hydrogens (tertiary/aromatic N) is 4. The second kappa shape index (κ2) is 9.61. The van der Waals surface area contributed by atoms with Gasteiger partial charge in [-0.15, -0.1) is 6.58 Å². The Morgan fingerprint density at radius 1 is 0.970 bits per heavy atom. The first-order valence-corrected chi connectivity index (χ1v) is 10.7. The fourth-order valence-corrected chi connectivity index (χ4v) is 3.72. The number of halogens is 1. The van der Waals surface area contributed by atoms with Crippen molar-refractivity contribution >= 4 is 22.4 Å². The molecule has 0 saturated carbocycles. The van der Waals surface area contributed by atoms with Crippen LogP contribution in [-0.2, 0) is 0 Å². The molecule has 0 aliphatic carbocycles. The van der Waals surface area contributed by atoms with Crippen molar-refractivity contribution in [2.24, 2.45) is 0 Å². The Morgan fingerprint density at radius 3 is 2.48 bits per heavy atom. The number of fused-ring (bicyclic) bond motifs is 1. The van der Waals surface area contributed by atoms with Gasteiger partial charge in [-0.05, 0) is 61.4 Å². The van der Waals surface area contributed by atoms with E-state index in [4.69, 9.17) is 5.73 Å². The van der Waals surface area contributed by atoms with E-state index in [9.17, 15) is 0 Å². The average Bonchev–Trinajstić information content (AvgIpc) is 2.81. The van der Waals surface area contributed by atoms with Gasteiger partial charge in [0, 0.05) is 30.2 Å². The van der Waals surface area contributed by atoms with Crippen molar-refractivity contribution in [3.63, 3.8) is 0 Å². The summed E-state index contributed by atoms with van der Waals surface area (Å²) in [6, 6.07) is 14.9. The van der Waals surface area contributed by atoms with Crippen LogP contribution in [0.25, 0.3) is 33.3 Å². The molecule has 2 aromatic heterocycles. The minimum atomic E-state index is -0.304. The van der Waals surface area contributed by atoms with Gasteiger partial charge in [-0.2, -0.15) is 0 Å². The van der Waals surface area contributed by atoms with Crippen molar-refractivity contribution in [3.8, 4) is 22.4 Å². The van der Waals surface area contributed by atoms with E-state index in [2.05, 4.69) is 27.6 Å². The number of hydrogen-bond donors (Lipinski definition) is 1. The van der Waals surface area contributed by atoms with Gasteiger partial charge in [0.2, 0.25) is 0 Å². The topological polar surface area (TPSA) is 67.9 Å². The summed E-state index contributed by atoms with van der Waals surface area (Å²) >= 11 is 0. The lowest BCUT2D eigenvalue weighted by Gasteiger charge is -2.23. The summed E-state index contributed by atoms with van der Waals surface area (Å²) < 4.78 is 15.3. The molecular formula is C27H26FN5. The zero-order valence-corrected chi connectivity index (χ0v) is 18.8. The summed E-state index contributed by atoms with van der Waals surface area (Å²) in [6.07, 6.45) is 7.03. The van der Waals surface area contributed by atoms with Crippen LogP contribution in [-0.4, -0.2) is 28.0 Å². The van der Waals surface area contributed by atoms with Crippen molar-refractivity contribution in [1.82, 2.24) is 15.0 Å². The molecule has 0 fully saturated rings. The third-order valence-corrected chi connectivity index (χ3v) is 5.38. The van der Waals surface area contributed by atoms with Gasteiger partial charge in [-0.25, -0.2) is 19.3 Å². The van der Waals surface area contributed by atoms with Gasteiger partial charge in [0.15, 0.2) is 0 Å². The Balaban J connectivity index is 1.77. The number of benzene rings is 2. The van der Waals surface area contributed by atoms with Crippen LogP contribution < -0.4 is 10.6 Å². The van der Waals surface area contributed by atoms with E-state index >= 15 is 4.39 Å². The summed E-state index contributed by atoms with van der Waals surface area (Å²) in [5, 5.41) is 0.838. The molecule has 0 atom stereocenters. The number of pyridine rings is 1. The van der Waals surface area contributed by atoms with Crippen LogP contribution in [0.1, 0.15) is 13.8 Å². The fraction of sp³-hybridized carbons (Fsp3) is 0.148. The maximum atomic E-state index is 15.3. The average molecular weight is 440 g/mol. The molecule has 4 rings (SSSR count). The van der Waals surface area contributed by atoms with Gasteiger partial charge in [0.05, 0.1) is 16.9 Å². The van der Waals surface area contributed by atoms with Crippen molar-refractivity contribution < 1.29 is 4.39 Å². The molecule has 0 unspecified atom stereocenters. The van der Waals surface area contributed by atoms with Crippen LogP contribution in [0, 0.1) is 5.82 Å². The van der Waals surface area contributed by atoms with E-state index in [1.54, 1.807) is 18.3 Å². The molecule has 2 N–H and O–H groups in total. The van der Waals surface area contributed by atoms with E-state index in [0.717, 1.165) is 22.0 Å². The summed E-state index contributed by atoms with van der Waals surface area (Å²) in [5.41, 5.74) is 11.6. The molecular weight excluding hydrogens is 413 g/mol. The lowest BCUT2D eigenvalue weighted by Crippen LogP contribution is -2.24. The molecule has 4 aromatic rings.